The van der Waals surface area contributed by atoms with Gasteiger partial charge in [0.1, 0.15) is 5.69 Å². The van der Waals surface area contributed by atoms with E-state index in [2.05, 4.69) is 42.7 Å². The molecule has 0 aliphatic carbocycles. The fourth-order valence-electron chi connectivity index (χ4n) is 3.63. The van der Waals surface area contributed by atoms with Crippen LogP contribution in [0.1, 0.15) is 0 Å². The van der Waals surface area contributed by atoms with Gasteiger partial charge in [-0.3, -0.25) is 15.1 Å². The van der Waals surface area contributed by atoms with Crippen molar-refractivity contribution in [1.29, 1.82) is 0 Å². The van der Waals surface area contributed by atoms with Crippen LogP contribution < -0.4 is 5.73 Å². The average molecular weight is 409 g/mol. The third-order valence-electron chi connectivity index (χ3n) is 5.03. The van der Waals surface area contributed by atoms with Crippen molar-refractivity contribution >= 4 is 39.0 Å². The highest BCUT2D eigenvalue weighted by molar-refractivity contribution is 7.13. The largest absolute Gasteiger partial charge is 0.397 e. The summed E-state index contributed by atoms with van der Waals surface area (Å²) in [5, 5.41) is 10.6. The molecule has 0 amide bonds. The molecular formula is C22H15N7S. The molecule has 30 heavy (non-hydrogen) atoms. The second kappa shape index (κ2) is 6.50. The molecule has 0 bridgehead atoms. The second-order valence-corrected chi connectivity index (χ2v) is 7.91. The second-order valence-electron chi connectivity index (χ2n) is 6.96. The molecule has 0 fully saturated rings. The van der Waals surface area contributed by atoms with E-state index in [4.69, 9.17) is 10.7 Å². The van der Waals surface area contributed by atoms with Gasteiger partial charge in [0.25, 0.3) is 0 Å². The number of anilines is 1. The standard InChI is InChI=1S/C22H15N7S/c23-13-7-12(9-24-10-13)17-8-15-18(11-25-17)28-29-21(15)22-26-16-4-1-3-14(20(16)27-22)19-5-2-6-30-19/h1-11H,23H2,(H,26,27)(H,28,29). The summed E-state index contributed by atoms with van der Waals surface area (Å²) < 4.78 is 0. The van der Waals surface area contributed by atoms with Crippen LogP contribution in [0.3, 0.4) is 0 Å². The molecule has 6 rings (SSSR count). The summed E-state index contributed by atoms with van der Waals surface area (Å²) in [5.41, 5.74) is 12.7. The number of fused-ring (bicyclic) bond motifs is 2. The van der Waals surface area contributed by atoms with Crippen molar-refractivity contribution < 1.29 is 0 Å². The zero-order valence-electron chi connectivity index (χ0n) is 15.6. The lowest BCUT2D eigenvalue weighted by molar-refractivity contribution is 1.10. The molecule has 0 radical (unpaired) electrons. The van der Waals surface area contributed by atoms with Gasteiger partial charge in [0.15, 0.2) is 5.82 Å². The maximum absolute atomic E-state index is 5.88. The van der Waals surface area contributed by atoms with Crippen LogP contribution >= 0.6 is 11.3 Å². The number of nitrogens with two attached hydrogens (primary N) is 1. The monoisotopic (exact) mass is 409 g/mol. The number of para-hydroxylation sites is 1. The number of aromatic nitrogens is 6. The van der Waals surface area contributed by atoms with Gasteiger partial charge in [-0.1, -0.05) is 18.2 Å². The number of nitrogens with one attached hydrogen (secondary N) is 2. The minimum absolute atomic E-state index is 0.597. The van der Waals surface area contributed by atoms with Crippen LogP contribution in [-0.2, 0) is 0 Å². The van der Waals surface area contributed by atoms with E-state index in [1.54, 1.807) is 29.9 Å². The number of aromatic amines is 2. The first kappa shape index (κ1) is 16.9. The first-order chi connectivity index (χ1) is 14.8. The van der Waals surface area contributed by atoms with Crippen molar-refractivity contribution in [2.45, 2.75) is 0 Å². The maximum atomic E-state index is 5.88. The van der Waals surface area contributed by atoms with Gasteiger partial charge in [-0.2, -0.15) is 5.10 Å². The van der Waals surface area contributed by atoms with Crippen LogP contribution in [0.2, 0.25) is 0 Å². The summed E-state index contributed by atoms with van der Waals surface area (Å²) in [6.45, 7) is 0. The highest BCUT2D eigenvalue weighted by Gasteiger charge is 2.16. The number of nitrogens with zero attached hydrogens (tertiary/aromatic N) is 4. The molecular weight excluding hydrogens is 394 g/mol. The van der Waals surface area contributed by atoms with Gasteiger partial charge in [0, 0.05) is 33.8 Å². The van der Waals surface area contributed by atoms with Crippen LogP contribution in [0.15, 0.2) is 66.4 Å². The Morgan fingerprint density at radius 2 is 1.93 bits per heavy atom. The number of imidazole rings is 1. The van der Waals surface area contributed by atoms with Gasteiger partial charge >= 0.3 is 0 Å². The van der Waals surface area contributed by atoms with Gasteiger partial charge < -0.3 is 10.7 Å². The third-order valence-corrected chi connectivity index (χ3v) is 5.93. The zero-order valence-corrected chi connectivity index (χ0v) is 16.4. The SMILES string of the molecule is Nc1cncc(-c2cc3c(-c4nc5c(-c6cccs6)cccc5[nH]4)n[nH]c3cn2)c1. The quantitative estimate of drug-likeness (QED) is 0.386. The first-order valence-corrected chi connectivity index (χ1v) is 10.2. The van der Waals surface area contributed by atoms with E-state index in [-0.39, 0.29) is 0 Å². The Kier molecular flexibility index (Phi) is 3.65. The molecule has 0 spiro atoms. The van der Waals surface area contributed by atoms with E-state index in [9.17, 15) is 0 Å². The van der Waals surface area contributed by atoms with Gasteiger partial charge in [0.2, 0.25) is 0 Å². The summed E-state index contributed by atoms with van der Waals surface area (Å²) in [6, 6.07) is 14.2. The fourth-order valence-corrected chi connectivity index (χ4v) is 4.38. The number of hydrogen-bond donors (Lipinski definition) is 3. The van der Waals surface area contributed by atoms with Crippen molar-refractivity contribution in [2.24, 2.45) is 0 Å². The molecule has 0 unspecified atom stereocenters. The summed E-state index contributed by atoms with van der Waals surface area (Å²) in [7, 11) is 0. The summed E-state index contributed by atoms with van der Waals surface area (Å²) in [4.78, 5) is 18.2. The van der Waals surface area contributed by atoms with E-state index >= 15 is 0 Å². The van der Waals surface area contributed by atoms with E-state index in [0.29, 0.717) is 11.5 Å². The number of rotatable bonds is 3. The first-order valence-electron chi connectivity index (χ1n) is 9.34. The normalized spacial score (nSPS) is 11.5. The lowest BCUT2D eigenvalue weighted by Crippen LogP contribution is -1.90. The molecule has 0 aliphatic heterocycles. The van der Waals surface area contributed by atoms with E-state index in [0.717, 1.165) is 44.5 Å². The Morgan fingerprint density at radius 1 is 0.967 bits per heavy atom. The topological polar surface area (TPSA) is 109 Å². The molecule has 0 aliphatic rings. The number of nitrogen functional groups attached to an aromatic ring is 1. The van der Waals surface area contributed by atoms with Crippen molar-refractivity contribution in [3.8, 4) is 33.2 Å². The molecule has 5 heterocycles. The smallest absolute Gasteiger partial charge is 0.159 e. The van der Waals surface area contributed by atoms with Gasteiger partial charge in [-0.25, -0.2) is 4.98 Å². The number of hydrogen-bond acceptors (Lipinski definition) is 6. The van der Waals surface area contributed by atoms with Crippen LogP contribution in [0.4, 0.5) is 5.69 Å². The van der Waals surface area contributed by atoms with Crippen LogP contribution in [0.5, 0.6) is 0 Å². The van der Waals surface area contributed by atoms with Crippen LogP contribution in [-0.4, -0.2) is 30.1 Å². The van der Waals surface area contributed by atoms with Crippen molar-refractivity contribution in [3.63, 3.8) is 0 Å². The van der Waals surface area contributed by atoms with Gasteiger partial charge in [-0.05, 0) is 29.6 Å². The van der Waals surface area contributed by atoms with Crippen molar-refractivity contribution in [2.75, 3.05) is 5.73 Å². The molecule has 0 saturated heterocycles. The number of benzene rings is 1. The predicted molar refractivity (Wildman–Crippen MR) is 120 cm³/mol. The molecule has 0 atom stereocenters. The van der Waals surface area contributed by atoms with Crippen LogP contribution in [0, 0.1) is 0 Å². The molecule has 1 aromatic carbocycles. The number of thiophene rings is 1. The molecule has 5 aromatic heterocycles. The lowest BCUT2D eigenvalue weighted by atomic mass is 10.1. The Balaban J connectivity index is 1.52. The highest BCUT2D eigenvalue weighted by atomic mass is 32.1. The van der Waals surface area contributed by atoms with Gasteiger partial charge in [0.05, 0.1) is 34.1 Å². The molecule has 8 heteroatoms. The number of pyridine rings is 2. The molecule has 4 N–H and O–H groups in total. The van der Waals surface area contributed by atoms with Crippen molar-refractivity contribution in [1.82, 2.24) is 30.1 Å². The summed E-state index contributed by atoms with van der Waals surface area (Å²) in [6.07, 6.45) is 5.13. The Morgan fingerprint density at radius 3 is 2.80 bits per heavy atom. The Hall–Kier alpha value is -4.04. The minimum atomic E-state index is 0.597. The van der Waals surface area contributed by atoms with Gasteiger partial charge in [-0.15, -0.1) is 11.3 Å². The lowest BCUT2D eigenvalue weighted by Gasteiger charge is -2.02. The van der Waals surface area contributed by atoms with E-state index in [1.165, 1.54) is 4.88 Å². The zero-order chi connectivity index (χ0) is 20.1. The predicted octanol–water partition coefficient (Wildman–Crippen LogP) is 4.87. The summed E-state index contributed by atoms with van der Waals surface area (Å²) in [5.74, 6) is 0.711. The maximum Gasteiger partial charge on any atom is 0.159 e. The summed E-state index contributed by atoms with van der Waals surface area (Å²) >= 11 is 1.70. The van der Waals surface area contributed by atoms with Crippen LogP contribution in [0.25, 0.3) is 55.2 Å². The Labute approximate surface area is 174 Å². The molecule has 6 aromatic rings. The molecule has 0 saturated carbocycles. The number of H-pyrrole nitrogens is 2. The minimum Gasteiger partial charge on any atom is -0.397 e. The highest BCUT2D eigenvalue weighted by Crippen LogP contribution is 2.34. The third kappa shape index (κ3) is 2.66. The molecule has 144 valence electrons. The molecule has 7 nitrogen and oxygen atoms in total. The fraction of sp³-hybridized carbons (Fsp3) is 0. The van der Waals surface area contributed by atoms with E-state index in [1.807, 2.05) is 30.3 Å². The Bertz CT molecular complexity index is 1510. The van der Waals surface area contributed by atoms with E-state index < -0.39 is 0 Å². The van der Waals surface area contributed by atoms with Crippen molar-refractivity contribution in [3.05, 3.63) is 66.4 Å². The average Bonchev–Trinajstić information content (AvgIpc) is 3.51.